The second kappa shape index (κ2) is 12.8. The Morgan fingerprint density at radius 2 is 1.78 bits per heavy atom. The number of unbranched alkanes of at least 4 members (excludes halogenated alkanes) is 2. The molecule has 0 bridgehead atoms. The van der Waals surface area contributed by atoms with E-state index in [4.69, 9.17) is 15.0 Å². The molecule has 3 amide bonds. The lowest BCUT2D eigenvalue weighted by molar-refractivity contribution is -0.194. The van der Waals surface area contributed by atoms with Crippen LogP contribution in [-0.2, 0) is 25.9 Å². The first kappa shape index (κ1) is 26.1. The van der Waals surface area contributed by atoms with Gasteiger partial charge in [0, 0.05) is 36.2 Å². The molecule has 0 radical (unpaired) electrons. The highest BCUT2D eigenvalue weighted by Crippen LogP contribution is 2.31. The molecule has 2 aromatic carbocycles. The Labute approximate surface area is 215 Å². The monoisotopic (exact) mass is 505 g/mol. The van der Waals surface area contributed by atoms with E-state index in [2.05, 4.69) is 10.6 Å². The van der Waals surface area contributed by atoms with E-state index in [0.717, 1.165) is 47.9 Å². The Balaban J connectivity index is 1.34. The second-order valence-corrected chi connectivity index (χ2v) is 9.11. The lowest BCUT2D eigenvalue weighted by Crippen LogP contribution is -2.26. The van der Waals surface area contributed by atoms with Crippen molar-refractivity contribution >= 4 is 35.4 Å². The highest BCUT2D eigenvalue weighted by atomic mass is 17.2. The van der Waals surface area contributed by atoms with Crippen LogP contribution >= 0.6 is 0 Å². The summed E-state index contributed by atoms with van der Waals surface area (Å²) in [7, 11) is 0. The smallest absolute Gasteiger partial charge is 0.252 e. The zero-order valence-corrected chi connectivity index (χ0v) is 20.5. The predicted octanol–water partition coefficient (Wildman–Crippen LogP) is 3.53. The fraction of sp³-hybridized carbons (Fsp3) is 0.321. The number of nitrogens with one attached hydrogen (secondary N) is 3. The van der Waals surface area contributed by atoms with Crippen LogP contribution in [0, 0.1) is 0 Å². The molecule has 37 heavy (non-hydrogen) atoms. The number of hydroxylamine groups is 1. The van der Waals surface area contributed by atoms with Crippen molar-refractivity contribution in [3.63, 3.8) is 0 Å². The number of benzene rings is 2. The van der Waals surface area contributed by atoms with Crippen LogP contribution < -0.4 is 21.0 Å². The van der Waals surface area contributed by atoms with Crippen LogP contribution in [0.25, 0.3) is 17.7 Å². The Kier molecular flexibility index (Phi) is 9.07. The summed E-state index contributed by atoms with van der Waals surface area (Å²) in [6, 6.07) is 13.4. The number of rotatable bonds is 12. The minimum absolute atomic E-state index is 0.111. The van der Waals surface area contributed by atoms with E-state index in [-0.39, 0.29) is 24.3 Å². The molecule has 0 saturated heterocycles. The van der Waals surface area contributed by atoms with Gasteiger partial charge in [-0.1, -0.05) is 36.8 Å². The summed E-state index contributed by atoms with van der Waals surface area (Å²) in [5.41, 5.74) is 5.59. The molecule has 1 aliphatic carbocycles. The molecule has 2 aliphatic rings. The zero-order chi connectivity index (χ0) is 26.0. The summed E-state index contributed by atoms with van der Waals surface area (Å²) < 4.78 is 0. The van der Waals surface area contributed by atoms with Gasteiger partial charge < -0.3 is 15.5 Å². The Morgan fingerprint density at radius 1 is 1.00 bits per heavy atom. The Morgan fingerprint density at radius 3 is 2.54 bits per heavy atom. The first-order chi connectivity index (χ1) is 18.0. The van der Waals surface area contributed by atoms with Crippen LogP contribution in [0.3, 0.4) is 0 Å². The van der Waals surface area contributed by atoms with Gasteiger partial charge in [-0.15, -0.1) is 0 Å². The third kappa shape index (κ3) is 8.03. The lowest BCUT2D eigenvalue weighted by atomic mass is 9.99. The van der Waals surface area contributed by atoms with Gasteiger partial charge in [0.1, 0.15) is 6.61 Å². The van der Waals surface area contributed by atoms with Crippen LogP contribution in [0.4, 0.5) is 0 Å². The first-order valence-electron chi connectivity index (χ1n) is 12.5. The number of fused-ring (bicyclic) bond motifs is 1. The molecule has 9 heteroatoms. The van der Waals surface area contributed by atoms with E-state index < -0.39 is 5.91 Å². The summed E-state index contributed by atoms with van der Waals surface area (Å²) in [6.07, 6.45) is 9.52. The van der Waals surface area contributed by atoms with Gasteiger partial charge in [-0.2, -0.15) is 4.89 Å². The van der Waals surface area contributed by atoms with Crippen LogP contribution in [0.5, 0.6) is 5.75 Å². The minimum Gasteiger partial charge on any atom is -0.353 e. The highest BCUT2D eigenvalue weighted by molar-refractivity contribution is 6.24. The molecule has 0 unspecified atom stereocenters. The van der Waals surface area contributed by atoms with Crippen molar-refractivity contribution in [2.45, 2.75) is 51.2 Å². The largest absolute Gasteiger partial charge is 0.353 e. The summed E-state index contributed by atoms with van der Waals surface area (Å²) in [6.45, 7) is 0.860. The number of hydrogen-bond acceptors (Lipinski definition) is 6. The van der Waals surface area contributed by atoms with Gasteiger partial charge in [0.25, 0.3) is 5.91 Å². The molecule has 0 aromatic heterocycles. The Bertz CT molecular complexity index is 1180. The maximum atomic E-state index is 13.0. The Hall–Kier alpha value is -3.95. The molecule has 9 nitrogen and oxygen atoms in total. The molecule has 1 heterocycles. The normalized spacial score (nSPS) is 14.7. The van der Waals surface area contributed by atoms with Gasteiger partial charge in [-0.05, 0) is 66.7 Å². The molecule has 2 aromatic rings. The van der Waals surface area contributed by atoms with Crippen molar-refractivity contribution in [1.29, 1.82) is 0 Å². The van der Waals surface area contributed by atoms with E-state index >= 15 is 0 Å². The highest BCUT2D eigenvalue weighted by Gasteiger charge is 2.26. The van der Waals surface area contributed by atoms with Crippen molar-refractivity contribution in [3.05, 3.63) is 70.8 Å². The van der Waals surface area contributed by atoms with Crippen LogP contribution in [0.15, 0.2) is 48.5 Å². The molecule has 1 fully saturated rings. The molecule has 194 valence electrons. The molecule has 0 spiro atoms. The van der Waals surface area contributed by atoms with Gasteiger partial charge in [0.15, 0.2) is 5.75 Å². The van der Waals surface area contributed by atoms with E-state index in [1.165, 1.54) is 6.08 Å². The molecule has 1 saturated carbocycles. The SMILES string of the molecule is O=C(C=Cc1ccc(/C=C(/C(=O)NC2CC2)c2ccc3c(c2)COO3)cc1)NCCCCCC(=O)NO. The van der Waals surface area contributed by atoms with Crippen molar-refractivity contribution in [2.24, 2.45) is 0 Å². The summed E-state index contributed by atoms with van der Waals surface area (Å²) in [5, 5.41) is 14.3. The summed E-state index contributed by atoms with van der Waals surface area (Å²) in [5.74, 6) is -0.0436. The maximum absolute atomic E-state index is 13.0. The average molecular weight is 506 g/mol. The van der Waals surface area contributed by atoms with Gasteiger partial charge in [0.05, 0.1) is 0 Å². The average Bonchev–Trinajstić information content (AvgIpc) is 3.60. The van der Waals surface area contributed by atoms with Crippen molar-refractivity contribution in [2.75, 3.05) is 6.54 Å². The van der Waals surface area contributed by atoms with Gasteiger partial charge in [-0.25, -0.2) is 5.48 Å². The minimum atomic E-state index is -0.403. The lowest BCUT2D eigenvalue weighted by Gasteiger charge is -2.10. The van der Waals surface area contributed by atoms with Gasteiger partial charge in [-0.3, -0.25) is 19.6 Å². The number of hydrogen-bond donors (Lipinski definition) is 4. The fourth-order valence-corrected chi connectivity index (χ4v) is 3.82. The third-order valence-corrected chi connectivity index (χ3v) is 6.07. The van der Waals surface area contributed by atoms with E-state index in [0.29, 0.717) is 30.9 Å². The second-order valence-electron chi connectivity index (χ2n) is 9.11. The topological polar surface area (TPSA) is 126 Å². The van der Waals surface area contributed by atoms with Gasteiger partial charge >= 0.3 is 0 Å². The molecule has 4 N–H and O–H groups in total. The quantitative estimate of drug-likeness (QED) is 0.0873. The molecule has 1 aliphatic heterocycles. The molecular weight excluding hydrogens is 474 g/mol. The van der Waals surface area contributed by atoms with Gasteiger partial charge in [0.2, 0.25) is 11.8 Å². The summed E-state index contributed by atoms with van der Waals surface area (Å²) >= 11 is 0. The van der Waals surface area contributed by atoms with E-state index in [9.17, 15) is 14.4 Å². The van der Waals surface area contributed by atoms with Crippen LogP contribution in [0.2, 0.25) is 0 Å². The maximum Gasteiger partial charge on any atom is 0.252 e. The van der Waals surface area contributed by atoms with Crippen molar-refractivity contribution in [3.8, 4) is 5.75 Å². The number of carbonyl (C=O) groups is 3. The third-order valence-electron chi connectivity index (χ3n) is 6.07. The van der Waals surface area contributed by atoms with E-state index in [1.807, 2.05) is 48.5 Å². The number of carbonyl (C=O) groups excluding carboxylic acids is 3. The number of amides is 3. The first-order valence-corrected chi connectivity index (χ1v) is 12.5. The van der Waals surface area contributed by atoms with Crippen LogP contribution in [-0.4, -0.2) is 35.5 Å². The standard InChI is InChI=1S/C28H31N3O6/c32-26(29-15-3-1-2-4-27(33)31-35)14-9-19-5-7-20(8-6-19)16-24(28(34)30-23-11-12-23)21-10-13-25-22(17-21)18-36-37-25/h5-10,13-14,16-17,23,35H,1-4,11-12,15,18H2,(H,29,32)(H,30,34)(H,31,33)/b14-9?,24-16+. The predicted molar refractivity (Wildman–Crippen MR) is 138 cm³/mol. The van der Waals surface area contributed by atoms with E-state index in [1.54, 1.807) is 11.6 Å². The molecular formula is C28H31N3O6. The molecule has 0 atom stereocenters. The van der Waals surface area contributed by atoms with Crippen molar-refractivity contribution < 1.29 is 29.4 Å². The zero-order valence-electron chi connectivity index (χ0n) is 20.5. The van der Waals surface area contributed by atoms with Crippen LogP contribution in [0.1, 0.15) is 60.8 Å². The summed E-state index contributed by atoms with van der Waals surface area (Å²) in [4.78, 5) is 46.2. The molecule has 4 rings (SSSR count). The fourth-order valence-electron chi connectivity index (χ4n) is 3.82. The van der Waals surface area contributed by atoms with Crippen molar-refractivity contribution in [1.82, 2.24) is 16.1 Å².